The molecule has 3 aromatic heterocycles. The van der Waals surface area contributed by atoms with Crippen LogP contribution in [0.4, 0.5) is 0 Å². The predicted molar refractivity (Wildman–Crippen MR) is 131 cm³/mol. The number of dihydropyridines is 1. The molecule has 0 saturated carbocycles. The minimum atomic E-state index is -0.551. The van der Waals surface area contributed by atoms with Crippen LogP contribution in [-0.2, 0) is 24.9 Å². The molecule has 4 aromatic rings. The number of imidazole rings is 1. The lowest BCUT2D eigenvalue weighted by atomic mass is 9.78. The molecule has 180 valence electrons. The Balaban J connectivity index is 1.61. The molecule has 1 aliphatic rings. The van der Waals surface area contributed by atoms with Crippen molar-refractivity contribution >= 4 is 0 Å². The van der Waals surface area contributed by atoms with Crippen LogP contribution in [0.2, 0.25) is 0 Å². The third-order valence-electron chi connectivity index (χ3n) is 6.24. The molecular formula is C24H28N10O. The first kappa shape index (κ1) is 22.5. The van der Waals surface area contributed by atoms with E-state index in [0.29, 0.717) is 18.3 Å². The summed E-state index contributed by atoms with van der Waals surface area (Å²) >= 11 is 0. The third-order valence-corrected chi connectivity index (χ3v) is 6.24. The number of hydrogen-bond acceptors (Lipinski definition) is 7. The van der Waals surface area contributed by atoms with Gasteiger partial charge in [-0.05, 0) is 47.3 Å². The number of aryl methyl sites for hydroxylation is 2. The average Bonchev–Trinajstić information content (AvgIpc) is 3.63. The molecule has 0 radical (unpaired) electrons. The summed E-state index contributed by atoms with van der Waals surface area (Å²) in [5.41, 5.74) is 2.17. The van der Waals surface area contributed by atoms with Crippen LogP contribution in [0.3, 0.4) is 0 Å². The highest BCUT2D eigenvalue weighted by molar-refractivity contribution is 5.57. The van der Waals surface area contributed by atoms with Crippen molar-refractivity contribution in [2.24, 2.45) is 0 Å². The SMILES string of the molecule is CCCc1cn(-c2nncn2CCC)c(=O)n1CC1(c2cccc(-c3nnn[nH]3)c2)C=CNC=C1. The number of allylic oxidation sites excluding steroid dienone is 2. The Bertz CT molecular complexity index is 1390. The topological polar surface area (TPSA) is 124 Å². The molecule has 0 amide bonds. The van der Waals surface area contributed by atoms with Gasteiger partial charge >= 0.3 is 5.69 Å². The highest BCUT2D eigenvalue weighted by atomic mass is 16.2. The number of nitrogens with zero attached hydrogens (tertiary/aromatic N) is 8. The number of tetrazole rings is 1. The number of H-pyrrole nitrogens is 1. The molecule has 11 heteroatoms. The lowest BCUT2D eigenvalue weighted by Gasteiger charge is -2.31. The molecule has 5 rings (SSSR count). The van der Waals surface area contributed by atoms with Gasteiger partial charge in [0.15, 0.2) is 5.82 Å². The fourth-order valence-electron chi connectivity index (χ4n) is 4.52. The Hall–Kier alpha value is -4.28. The lowest BCUT2D eigenvalue weighted by molar-refractivity contribution is 0.496. The molecule has 0 aliphatic carbocycles. The van der Waals surface area contributed by atoms with Gasteiger partial charge in [-0.15, -0.1) is 15.3 Å². The molecule has 0 unspecified atom stereocenters. The molecule has 35 heavy (non-hydrogen) atoms. The first-order valence-corrected chi connectivity index (χ1v) is 11.8. The van der Waals surface area contributed by atoms with Crippen molar-refractivity contribution in [3.63, 3.8) is 0 Å². The third kappa shape index (κ3) is 4.20. The summed E-state index contributed by atoms with van der Waals surface area (Å²) in [6.45, 7) is 5.37. The average molecular weight is 473 g/mol. The molecule has 1 aromatic carbocycles. The first-order chi connectivity index (χ1) is 17.1. The van der Waals surface area contributed by atoms with E-state index in [1.54, 1.807) is 10.9 Å². The van der Waals surface area contributed by atoms with Crippen LogP contribution in [0, 0.1) is 0 Å². The number of aromatic nitrogens is 9. The zero-order valence-electron chi connectivity index (χ0n) is 19.8. The Morgan fingerprint density at radius 2 is 1.94 bits per heavy atom. The van der Waals surface area contributed by atoms with Crippen molar-refractivity contribution in [2.45, 2.75) is 51.6 Å². The second-order valence-electron chi connectivity index (χ2n) is 8.64. The smallest absolute Gasteiger partial charge is 0.335 e. The maximum absolute atomic E-state index is 13.8. The molecule has 1 aliphatic heterocycles. The fourth-order valence-corrected chi connectivity index (χ4v) is 4.52. The first-order valence-electron chi connectivity index (χ1n) is 11.8. The van der Waals surface area contributed by atoms with Crippen LogP contribution in [0.15, 0.2) is 66.1 Å². The van der Waals surface area contributed by atoms with Crippen molar-refractivity contribution in [3.05, 3.63) is 83.1 Å². The van der Waals surface area contributed by atoms with E-state index in [1.807, 2.05) is 39.9 Å². The van der Waals surface area contributed by atoms with Gasteiger partial charge in [-0.1, -0.05) is 50.6 Å². The van der Waals surface area contributed by atoms with Crippen molar-refractivity contribution in [2.75, 3.05) is 0 Å². The van der Waals surface area contributed by atoms with E-state index in [0.717, 1.165) is 42.6 Å². The van der Waals surface area contributed by atoms with Gasteiger partial charge in [-0.2, -0.15) is 0 Å². The van der Waals surface area contributed by atoms with Gasteiger partial charge < -0.3 is 5.32 Å². The second-order valence-corrected chi connectivity index (χ2v) is 8.64. The van der Waals surface area contributed by atoms with Gasteiger partial charge in [-0.25, -0.2) is 14.5 Å². The maximum Gasteiger partial charge on any atom is 0.335 e. The van der Waals surface area contributed by atoms with E-state index in [1.165, 1.54) is 0 Å². The van der Waals surface area contributed by atoms with Gasteiger partial charge in [0.1, 0.15) is 6.33 Å². The zero-order chi connectivity index (χ0) is 24.3. The Kier molecular flexibility index (Phi) is 6.13. The van der Waals surface area contributed by atoms with Crippen LogP contribution in [0.25, 0.3) is 17.3 Å². The highest BCUT2D eigenvalue weighted by Crippen LogP contribution is 2.33. The van der Waals surface area contributed by atoms with Crippen LogP contribution in [-0.4, -0.2) is 44.5 Å². The number of rotatable bonds is 9. The van der Waals surface area contributed by atoms with E-state index in [2.05, 4.69) is 74.3 Å². The maximum atomic E-state index is 13.8. The summed E-state index contributed by atoms with van der Waals surface area (Å²) in [5, 5.41) is 25.7. The lowest BCUT2D eigenvalue weighted by Crippen LogP contribution is -2.36. The summed E-state index contributed by atoms with van der Waals surface area (Å²) in [7, 11) is 0. The molecular weight excluding hydrogens is 444 g/mol. The van der Waals surface area contributed by atoms with E-state index in [4.69, 9.17) is 0 Å². The minimum absolute atomic E-state index is 0.130. The minimum Gasteiger partial charge on any atom is -0.368 e. The quantitative estimate of drug-likeness (QED) is 0.383. The monoisotopic (exact) mass is 472 g/mol. The van der Waals surface area contributed by atoms with Crippen molar-refractivity contribution in [1.82, 2.24) is 49.8 Å². The summed E-state index contributed by atoms with van der Waals surface area (Å²) < 4.78 is 5.39. The van der Waals surface area contributed by atoms with E-state index >= 15 is 0 Å². The molecule has 0 saturated heterocycles. The summed E-state index contributed by atoms with van der Waals surface area (Å²) in [5.74, 6) is 1.13. The normalized spacial score (nSPS) is 14.3. The molecule has 4 heterocycles. The number of nitrogens with one attached hydrogen (secondary N) is 2. The zero-order valence-corrected chi connectivity index (χ0v) is 19.8. The van der Waals surface area contributed by atoms with Crippen LogP contribution < -0.4 is 11.0 Å². The molecule has 0 spiro atoms. The largest absolute Gasteiger partial charge is 0.368 e. The van der Waals surface area contributed by atoms with Gasteiger partial charge in [-0.3, -0.25) is 9.13 Å². The predicted octanol–water partition coefficient (Wildman–Crippen LogP) is 2.34. The number of aromatic amines is 1. The fraction of sp³-hybridized carbons (Fsp3) is 0.333. The van der Waals surface area contributed by atoms with Crippen molar-refractivity contribution < 1.29 is 0 Å². The summed E-state index contributed by atoms with van der Waals surface area (Å²) in [4.78, 5) is 13.8. The summed E-state index contributed by atoms with van der Waals surface area (Å²) in [6, 6.07) is 8.06. The van der Waals surface area contributed by atoms with Gasteiger partial charge in [0, 0.05) is 30.5 Å². The Morgan fingerprint density at radius 3 is 2.69 bits per heavy atom. The molecule has 0 bridgehead atoms. The van der Waals surface area contributed by atoms with Gasteiger partial charge in [0.2, 0.25) is 5.95 Å². The van der Waals surface area contributed by atoms with Crippen LogP contribution in [0.5, 0.6) is 0 Å². The number of hydrogen-bond donors (Lipinski definition) is 2. The van der Waals surface area contributed by atoms with Crippen molar-refractivity contribution in [1.29, 1.82) is 0 Å². The standard InChI is InChI=1S/C24H28N10O/c1-3-6-20-15-33(22-29-26-17-32(22)13-4-2)23(35)34(20)16-24(9-11-25-12-10-24)19-8-5-7-18(14-19)21-27-30-31-28-21/h5,7-12,14-15,17,25H,3-4,6,13,16H2,1-2H3,(H,27,28,30,31). The van der Waals surface area contributed by atoms with Crippen LogP contribution in [0.1, 0.15) is 37.9 Å². The van der Waals surface area contributed by atoms with Crippen molar-refractivity contribution in [3.8, 4) is 17.3 Å². The van der Waals surface area contributed by atoms with E-state index < -0.39 is 5.41 Å². The molecule has 11 nitrogen and oxygen atoms in total. The van der Waals surface area contributed by atoms with E-state index in [9.17, 15) is 4.79 Å². The van der Waals surface area contributed by atoms with Gasteiger partial charge in [0.25, 0.3) is 0 Å². The van der Waals surface area contributed by atoms with Crippen LogP contribution >= 0.6 is 0 Å². The number of benzene rings is 1. The van der Waals surface area contributed by atoms with E-state index in [-0.39, 0.29) is 5.69 Å². The Labute approximate surface area is 202 Å². The second kappa shape index (κ2) is 9.53. The Morgan fingerprint density at radius 1 is 1.09 bits per heavy atom. The van der Waals surface area contributed by atoms with Gasteiger partial charge in [0.05, 0.1) is 5.41 Å². The molecule has 0 atom stereocenters. The molecule has 2 N–H and O–H groups in total. The summed E-state index contributed by atoms with van der Waals surface area (Å²) in [6.07, 6.45) is 14.2. The highest BCUT2D eigenvalue weighted by Gasteiger charge is 2.31. The molecule has 0 fully saturated rings.